The molecule has 19 heavy (non-hydrogen) atoms. The van der Waals surface area contributed by atoms with E-state index in [1.165, 1.54) is 5.56 Å². The van der Waals surface area contributed by atoms with Gasteiger partial charge in [0.2, 0.25) is 0 Å². The monoisotopic (exact) mass is 280 g/mol. The molecule has 102 valence electrons. The summed E-state index contributed by atoms with van der Waals surface area (Å²) in [5, 5.41) is -0.377. The number of benzene rings is 1. The van der Waals surface area contributed by atoms with Crippen LogP contribution in [0.25, 0.3) is 0 Å². The molecule has 0 aliphatic carbocycles. The van der Waals surface area contributed by atoms with Crippen molar-refractivity contribution in [3.05, 3.63) is 35.9 Å². The molecule has 0 N–H and O–H groups in total. The van der Waals surface area contributed by atoms with Gasteiger partial charge < -0.3 is 9.64 Å². The Morgan fingerprint density at radius 2 is 2.11 bits per heavy atom. The van der Waals surface area contributed by atoms with E-state index in [1.807, 2.05) is 6.07 Å². The Hall–Kier alpha value is -1.10. The summed E-state index contributed by atoms with van der Waals surface area (Å²) in [6, 6.07) is 10.6. The van der Waals surface area contributed by atoms with Crippen LogP contribution in [-0.2, 0) is 11.3 Å². The number of morpholine rings is 1. The van der Waals surface area contributed by atoms with Gasteiger partial charge >= 0.3 is 5.37 Å². The lowest BCUT2D eigenvalue weighted by atomic mass is 10.1. The lowest BCUT2D eigenvalue weighted by molar-refractivity contribution is -0.0502. The second-order valence-corrected chi connectivity index (χ2v) is 5.41. The van der Waals surface area contributed by atoms with Crippen LogP contribution in [0.2, 0.25) is 0 Å². The van der Waals surface area contributed by atoms with E-state index in [9.17, 15) is 4.79 Å². The SMILES string of the molecule is O=C(Cl)N1C[C@H]2OCCN(Cc3ccccc3)[C@H]2C1. The van der Waals surface area contributed by atoms with Crippen molar-refractivity contribution in [3.8, 4) is 0 Å². The standard InChI is InChI=1S/C14H17ClN2O2/c15-14(18)17-9-12-13(10-17)19-7-6-16(12)8-11-4-2-1-3-5-11/h1-5,12-13H,6-10H2/t12-,13+/m0/s1. The Morgan fingerprint density at radius 3 is 2.84 bits per heavy atom. The number of hydrogen-bond acceptors (Lipinski definition) is 3. The molecule has 0 radical (unpaired) electrons. The average Bonchev–Trinajstić information content (AvgIpc) is 2.85. The van der Waals surface area contributed by atoms with Gasteiger partial charge in [-0.2, -0.15) is 0 Å². The normalized spacial score (nSPS) is 27.3. The van der Waals surface area contributed by atoms with Crippen LogP contribution in [0.1, 0.15) is 5.56 Å². The maximum Gasteiger partial charge on any atom is 0.316 e. The minimum Gasteiger partial charge on any atom is -0.373 e. The maximum atomic E-state index is 11.3. The second kappa shape index (κ2) is 5.49. The highest BCUT2D eigenvalue weighted by atomic mass is 35.5. The molecule has 5 heteroatoms. The van der Waals surface area contributed by atoms with Gasteiger partial charge in [0.15, 0.2) is 0 Å². The van der Waals surface area contributed by atoms with E-state index in [4.69, 9.17) is 16.3 Å². The molecule has 1 aromatic rings. The van der Waals surface area contributed by atoms with Crippen molar-refractivity contribution in [2.45, 2.75) is 18.7 Å². The molecule has 2 saturated heterocycles. The number of fused-ring (bicyclic) bond motifs is 1. The molecule has 1 aromatic carbocycles. The quantitative estimate of drug-likeness (QED) is 0.613. The predicted molar refractivity (Wildman–Crippen MR) is 73.2 cm³/mol. The fourth-order valence-corrected chi connectivity index (χ4v) is 3.05. The third-order valence-corrected chi connectivity index (χ3v) is 4.13. The summed E-state index contributed by atoms with van der Waals surface area (Å²) in [5.74, 6) is 0. The first-order valence-electron chi connectivity index (χ1n) is 6.58. The van der Waals surface area contributed by atoms with Gasteiger partial charge in [0.1, 0.15) is 0 Å². The molecule has 0 aromatic heterocycles. The van der Waals surface area contributed by atoms with E-state index < -0.39 is 0 Å². The van der Waals surface area contributed by atoms with Crippen molar-refractivity contribution in [2.24, 2.45) is 0 Å². The van der Waals surface area contributed by atoms with Gasteiger partial charge in [-0.1, -0.05) is 30.3 Å². The minimum absolute atomic E-state index is 0.0974. The van der Waals surface area contributed by atoms with Crippen molar-refractivity contribution in [1.29, 1.82) is 0 Å². The Labute approximate surface area is 117 Å². The minimum atomic E-state index is -0.377. The van der Waals surface area contributed by atoms with Crippen LogP contribution in [-0.4, -0.2) is 53.6 Å². The Bertz CT molecular complexity index is 454. The fourth-order valence-electron chi connectivity index (χ4n) is 2.92. The highest BCUT2D eigenvalue weighted by Gasteiger charge is 2.41. The molecular formula is C14H17ClN2O2. The summed E-state index contributed by atoms with van der Waals surface area (Å²) < 4.78 is 5.76. The van der Waals surface area contributed by atoms with Crippen LogP contribution in [0.4, 0.5) is 4.79 Å². The number of carbonyl (C=O) groups is 1. The highest BCUT2D eigenvalue weighted by molar-refractivity contribution is 6.62. The first-order valence-corrected chi connectivity index (χ1v) is 6.96. The fraction of sp³-hybridized carbons (Fsp3) is 0.500. The summed E-state index contributed by atoms with van der Waals surface area (Å²) in [6.07, 6.45) is 0.0974. The molecule has 0 spiro atoms. The van der Waals surface area contributed by atoms with E-state index in [0.717, 1.165) is 19.7 Å². The zero-order valence-electron chi connectivity index (χ0n) is 10.7. The highest BCUT2D eigenvalue weighted by Crippen LogP contribution is 2.25. The number of hydrogen-bond donors (Lipinski definition) is 0. The Morgan fingerprint density at radius 1 is 1.32 bits per heavy atom. The van der Waals surface area contributed by atoms with E-state index in [0.29, 0.717) is 13.1 Å². The first-order chi connectivity index (χ1) is 9.24. The van der Waals surface area contributed by atoms with E-state index in [-0.39, 0.29) is 17.5 Å². The summed E-state index contributed by atoms with van der Waals surface area (Å²) in [4.78, 5) is 15.3. The van der Waals surface area contributed by atoms with Crippen molar-refractivity contribution >= 4 is 17.0 Å². The van der Waals surface area contributed by atoms with Gasteiger partial charge in [-0.25, -0.2) is 0 Å². The van der Waals surface area contributed by atoms with Crippen LogP contribution in [0.15, 0.2) is 30.3 Å². The molecule has 4 nitrogen and oxygen atoms in total. The zero-order chi connectivity index (χ0) is 13.2. The van der Waals surface area contributed by atoms with Crippen LogP contribution >= 0.6 is 11.6 Å². The molecule has 2 heterocycles. The molecule has 1 amide bonds. The van der Waals surface area contributed by atoms with Gasteiger partial charge in [-0.05, 0) is 17.2 Å². The van der Waals surface area contributed by atoms with Crippen LogP contribution in [0.5, 0.6) is 0 Å². The van der Waals surface area contributed by atoms with Crippen molar-refractivity contribution < 1.29 is 9.53 Å². The lowest BCUT2D eigenvalue weighted by Gasteiger charge is -2.36. The smallest absolute Gasteiger partial charge is 0.316 e. The van der Waals surface area contributed by atoms with Crippen LogP contribution in [0, 0.1) is 0 Å². The number of rotatable bonds is 2. The van der Waals surface area contributed by atoms with Gasteiger partial charge in [-0.3, -0.25) is 9.69 Å². The van der Waals surface area contributed by atoms with Gasteiger partial charge in [-0.15, -0.1) is 0 Å². The summed E-state index contributed by atoms with van der Waals surface area (Å²) in [6.45, 7) is 3.80. The molecule has 2 aliphatic heterocycles. The molecule has 3 rings (SSSR count). The Balaban J connectivity index is 1.70. The number of carbonyl (C=O) groups excluding carboxylic acids is 1. The van der Waals surface area contributed by atoms with Gasteiger partial charge in [0.05, 0.1) is 18.8 Å². The van der Waals surface area contributed by atoms with Gasteiger partial charge in [0.25, 0.3) is 0 Å². The van der Waals surface area contributed by atoms with Crippen LogP contribution in [0.3, 0.4) is 0 Å². The topological polar surface area (TPSA) is 32.8 Å². The zero-order valence-corrected chi connectivity index (χ0v) is 11.4. The second-order valence-electron chi connectivity index (χ2n) is 5.09. The number of halogens is 1. The van der Waals surface area contributed by atoms with Gasteiger partial charge in [0, 0.05) is 26.2 Å². The van der Waals surface area contributed by atoms with Crippen molar-refractivity contribution in [2.75, 3.05) is 26.2 Å². The third kappa shape index (κ3) is 2.76. The first kappa shape index (κ1) is 12.9. The maximum absolute atomic E-state index is 11.3. The van der Waals surface area contributed by atoms with Crippen molar-refractivity contribution in [3.63, 3.8) is 0 Å². The number of likely N-dealkylation sites (tertiary alicyclic amines) is 1. The average molecular weight is 281 g/mol. The molecule has 2 atom stereocenters. The van der Waals surface area contributed by atoms with E-state index >= 15 is 0 Å². The summed E-state index contributed by atoms with van der Waals surface area (Å²) in [5.41, 5.74) is 1.29. The molecule has 2 aliphatic rings. The van der Waals surface area contributed by atoms with E-state index in [1.54, 1.807) is 4.90 Å². The lowest BCUT2D eigenvalue weighted by Crippen LogP contribution is -2.50. The molecule has 0 unspecified atom stereocenters. The summed E-state index contributed by atoms with van der Waals surface area (Å²) >= 11 is 5.57. The molecule has 0 bridgehead atoms. The van der Waals surface area contributed by atoms with E-state index in [2.05, 4.69) is 29.2 Å². The molecular weight excluding hydrogens is 264 g/mol. The third-order valence-electron chi connectivity index (χ3n) is 3.89. The predicted octanol–water partition coefficient (Wildman–Crippen LogP) is 1.93. The number of nitrogens with zero attached hydrogens (tertiary/aromatic N) is 2. The number of amides is 1. The number of ether oxygens (including phenoxy) is 1. The Kier molecular flexibility index (Phi) is 3.73. The molecule has 0 saturated carbocycles. The van der Waals surface area contributed by atoms with Crippen LogP contribution < -0.4 is 0 Å². The van der Waals surface area contributed by atoms with Crippen molar-refractivity contribution in [1.82, 2.24) is 9.80 Å². The molecule has 2 fully saturated rings. The summed E-state index contributed by atoms with van der Waals surface area (Å²) in [7, 11) is 0. The largest absolute Gasteiger partial charge is 0.373 e.